The highest BCUT2D eigenvalue weighted by molar-refractivity contribution is 7.80. The lowest BCUT2D eigenvalue weighted by Crippen LogP contribution is -2.50. The number of hydrogen-bond acceptors (Lipinski definition) is 9. The van der Waals surface area contributed by atoms with Crippen molar-refractivity contribution in [3.8, 4) is 0 Å². The summed E-state index contributed by atoms with van der Waals surface area (Å²) in [6, 6.07) is 0. The van der Waals surface area contributed by atoms with Crippen LogP contribution >= 0.6 is 0 Å². The molecule has 3 N–H and O–H groups in total. The van der Waals surface area contributed by atoms with Gasteiger partial charge >= 0.3 is 22.3 Å². The van der Waals surface area contributed by atoms with Gasteiger partial charge in [-0.3, -0.25) is 10.3 Å². The van der Waals surface area contributed by atoms with E-state index in [-0.39, 0.29) is 23.9 Å². The number of nitrogen functional groups attached to an aromatic ring is 1. The highest BCUT2D eigenvalue weighted by Crippen LogP contribution is 2.19. The zero-order valence-electron chi connectivity index (χ0n) is 12.3. The third-order valence-corrected chi connectivity index (χ3v) is 3.26. The second-order valence-electron chi connectivity index (χ2n) is 4.48. The Kier molecular flexibility index (Phi) is 5.18. The molecule has 1 aromatic rings. The van der Waals surface area contributed by atoms with Crippen molar-refractivity contribution in [2.24, 2.45) is 0 Å². The fraction of sp³-hybridized carbons (Fsp3) is 0.545. The first-order chi connectivity index (χ1) is 10.8. The Hall–Kier alpha value is -2.18. The summed E-state index contributed by atoms with van der Waals surface area (Å²) in [7, 11) is -4.83. The van der Waals surface area contributed by atoms with Crippen LogP contribution in [0.25, 0.3) is 0 Å². The SMILES string of the molecule is CCOC(=O)c1c[n+](OS(=O)(=O)O)c(N)nc1N1CCOCC1. The molecule has 1 aliphatic heterocycles. The van der Waals surface area contributed by atoms with Gasteiger partial charge in [-0.25, -0.2) is 9.08 Å². The lowest BCUT2D eigenvalue weighted by Gasteiger charge is -2.27. The van der Waals surface area contributed by atoms with Crippen LogP contribution in [0.4, 0.5) is 11.8 Å². The van der Waals surface area contributed by atoms with E-state index in [1.54, 1.807) is 11.8 Å². The maximum atomic E-state index is 12.1. The van der Waals surface area contributed by atoms with E-state index in [1.807, 2.05) is 0 Å². The average molecular weight is 349 g/mol. The molecule has 23 heavy (non-hydrogen) atoms. The predicted molar refractivity (Wildman–Crippen MR) is 76.0 cm³/mol. The molecule has 0 saturated carbocycles. The van der Waals surface area contributed by atoms with Crippen LogP contribution in [0.3, 0.4) is 0 Å². The van der Waals surface area contributed by atoms with E-state index in [9.17, 15) is 13.2 Å². The van der Waals surface area contributed by atoms with Crippen molar-refractivity contribution < 1.29 is 36.3 Å². The highest BCUT2D eigenvalue weighted by atomic mass is 32.3. The largest absolute Gasteiger partial charge is 0.476 e. The van der Waals surface area contributed by atoms with E-state index in [0.29, 0.717) is 31.0 Å². The molecule has 0 aliphatic carbocycles. The molecule has 12 heteroatoms. The Labute approximate surface area is 132 Å². The van der Waals surface area contributed by atoms with E-state index in [0.717, 1.165) is 6.20 Å². The van der Waals surface area contributed by atoms with Crippen LogP contribution in [0.5, 0.6) is 0 Å². The molecule has 0 atom stereocenters. The third-order valence-electron chi connectivity index (χ3n) is 2.91. The second-order valence-corrected chi connectivity index (χ2v) is 5.49. The molecule has 0 unspecified atom stereocenters. The van der Waals surface area contributed by atoms with Gasteiger partial charge in [-0.15, -0.1) is 0 Å². The molecule has 0 radical (unpaired) electrons. The first kappa shape index (κ1) is 17.2. The molecule has 2 heterocycles. The van der Waals surface area contributed by atoms with E-state index in [4.69, 9.17) is 19.8 Å². The summed E-state index contributed by atoms with van der Waals surface area (Å²) in [4.78, 5) is 17.8. The molecule has 11 nitrogen and oxygen atoms in total. The van der Waals surface area contributed by atoms with Gasteiger partial charge in [0.1, 0.15) is 6.20 Å². The van der Waals surface area contributed by atoms with E-state index in [2.05, 4.69) is 9.27 Å². The predicted octanol–water partition coefficient (Wildman–Crippen LogP) is -1.80. The number of hydrogen-bond donors (Lipinski definition) is 2. The minimum atomic E-state index is -4.83. The summed E-state index contributed by atoms with van der Waals surface area (Å²) in [6.45, 7) is 3.58. The molecule has 2 rings (SSSR count). The maximum Gasteiger partial charge on any atom is 0.476 e. The standard InChI is InChI=1S/C11H16N4O7S/c1-2-21-10(16)8-7-15(22-23(17,18)19)11(12)13-9(8)14-3-5-20-6-4-14/h7,12H,2-6H2,1H3,(H,17,18,19)/p+1. The molecule has 0 spiro atoms. The van der Waals surface area contributed by atoms with Gasteiger partial charge in [-0.1, -0.05) is 0 Å². The van der Waals surface area contributed by atoms with E-state index >= 15 is 0 Å². The molecular formula is C11H17N4O7S+. The Morgan fingerprint density at radius 2 is 2.17 bits per heavy atom. The molecule has 0 aromatic carbocycles. The first-order valence-corrected chi connectivity index (χ1v) is 8.07. The van der Waals surface area contributed by atoms with Crippen LogP contribution in [0.15, 0.2) is 6.20 Å². The van der Waals surface area contributed by atoms with Gasteiger partial charge in [0.2, 0.25) is 5.82 Å². The van der Waals surface area contributed by atoms with Crippen molar-refractivity contribution in [1.29, 1.82) is 0 Å². The van der Waals surface area contributed by atoms with Gasteiger partial charge in [0.15, 0.2) is 5.56 Å². The summed E-state index contributed by atoms with van der Waals surface area (Å²) < 4.78 is 45.3. The third kappa shape index (κ3) is 4.40. The number of esters is 1. The highest BCUT2D eigenvalue weighted by Gasteiger charge is 2.29. The lowest BCUT2D eigenvalue weighted by atomic mass is 10.2. The number of anilines is 2. The van der Waals surface area contributed by atoms with Crippen LogP contribution < -0.4 is 19.6 Å². The normalized spacial score (nSPS) is 15.3. The number of morpholine rings is 1. The van der Waals surface area contributed by atoms with Gasteiger partial charge in [-0.2, -0.15) is 8.42 Å². The van der Waals surface area contributed by atoms with Crippen LogP contribution in [-0.2, 0) is 19.9 Å². The fourth-order valence-corrected chi connectivity index (χ4v) is 2.31. The number of ether oxygens (including phenoxy) is 2. The topological polar surface area (TPSA) is 145 Å². The molecule has 1 aliphatic rings. The molecule has 0 amide bonds. The van der Waals surface area contributed by atoms with Gasteiger partial charge in [0.05, 0.1) is 19.8 Å². The van der Waals surface area contributed by atoms with Crippen LogP contribution in [-0.4, -0.2) is 56.8 Å². The Morgan fingerprint density at radius 1 is 1.52 bits per heavy atom. The summed E-state index contributed by atoms with van der Waals surface area (Å²) in [5.41, 5.74) is 5.57. The van der Waals surface area contributed by atoms with E-state index in [1.165, 1.54) is 0 Å². The van der Waals surface area contributed by atoms with Gasteiger partial charge < -0.3 is 14.4 Å². The first-order valence-electron chi connectivity index (χ1n) is 6.71. The van der Waals surface area contributed by atoms with Crippen molar-refractivity contribution in [3.63, 3.8) is 0 Å². The van der Waals surface area contributed by atoms with Crippen molar-refractivity contribution >= 4 is 28.1 Å². The molecule has 128 valence electrons. The Balaban J connectivity index is 2.47. The lowest BCUT2D eigenvalue weighted by molar-refractivity contribution is -0.847. The molecule has 1 aromatic heterocycles. The van der Waals surface area contributed by atoms with Crippen molar-refractivity contribution in [1.82, 2.24) is 4.98 Å². The zero-order valence-corrected chi connectivity index (χ0v) is 13.2. The molecule has 1 saturated heterocycles. The Morgan fingerprint density at radius 3 is 2.74 bits per heavy atom. The van der Waals surface area contributed by atoms with Crippen LogP contribution in [0.1, 0.15) is 17.3 Å². The molecule has 0 bridgehead atoms. The van der Waals surface area contributed by atoms with Crippen LogP contribution in [0.2, 0.25) is 0 Å². The second kappa shape index (κ2) is 6.93. The van der Waals surface area contributed by atoms with Crippen molar-refractivity contribution in [3.05, 3.63) is 11.8 Å². The van der Waals surface area contributed by atoms with Crippen molar-refractivity contribution in [2.45, 2.75) is 6.92 Å². The zero-order chi connectivity index (χ0) is 17.0. The van der Waals surface area contributed by atoms with Gasteiger partial charge in [0, 0.05) is 13.1 Å². The summed E-state index contributed by atoms with van der Waals surface area (Å²) in [5, 5.41) is 0. The number of carbonyl (C=O) groups excluding carboxylic acids is 1. The Bertz CT molecular complexity index is 688. The van der Waals surface area contributed by atoms with E-state index < -0.39 is 16.4 Å². The number of nitrogens with two attached hydrogens (primary N) is 1. The molecule has 1 fully saturated rings. The minimum Gasteiger partial charge on any atom is -0.462 e. The number of carbonyl (C=O) groups is 1. The van der Waals surface area contributed by atoms with Gasteiger partial charge in [-0.05, 0) is 16.6 Å². The molecular weight excluding hydrogens is 332 g/mol. The summed E-state index contributed by atoms with van der Waals surface area (Å²) in [5.74, 6) is -0.870. The number of rotatable bonds is 5. The number of nitrogens with zero attached hydrogens (tertiary/aromatic N) is 3. The smallest absolute Gasteiger partial charge is 0.462 e. The fourth-order valence-electron chi connectivity index (χ4n) is 1.99. The van der Waals surface area contributed by atoms with Gasteiger partial charge in [0.25, 0.3) is 0 Å². The quantitative estimate of drug-likeness (QED) is 0.354. The van der Waals surface area contributed by atoms with Crippen LogP contribution in [0, 0.1) is 0 Å². The average Bonchev–Trinajstić information content (AvgIpc) is 2.48. The summed E-state index contributed by atoms with van der Waals surface area (Å²) >= 11 is 0. The monoisotopic (exact) mass is 349 g/mol. The number of aromatic nitrogens is 2. The summed E-state index contributed by atoms with van der Waals surface area (Å²) in [6.07, 6.45) is 0.999. The van der Waals surface area contributed by atoms with Crippen molar-refractivity contribution in [2.75, 3.05) is 43.5 Å². The minimum absolute atomic E-state index is 0.0494. The maximum absolute atomic E-state index is 12.1.